The number of ether oxygens (including phenoxy) is 2. The molecule has 0 amide bonds. The molecule has 396 valence electrons. The Morgan fingerprint density at radius 2 is 1.00 bits per heavy atom. The molecule has 0 spiro atoms. The summed E-state index contributed by atoms with van der Waals surface area (Å²) in [6.45, 7) is 2.73. The van der Waals surface area contributed by atoms with Gasteiger partial charge in [0.25, 0.3) is 0 Å². The van der Waals surface area contributed by atoms with Gasteiger partial charge in [-0.2, -0.15) is 0 Å². The molecule has 68 heavy (non-hydrogen) atoms. The van der Waals surface area contributed by atoms with Gasteiger partial charge in [-0.25, -0.2) is 9.13 Å². The van der Waals surface area contributed by atoms with E-state index in [-0.39, 0.29) is 25.7 Å². The van der Waals surface area contributed by atoms with E-state index in [1.807, 2.05) is 0 Å². The van der Waals surface area contributed by atoms with Gasteiger partial charge in [-0.3, -0.25) is 23.2 Å². The Morgan fingerprint density at radius 3 is 1.54 bits per heavy atom. The van der Waals surface area contributed by atoms with Gasteiger partial charge in [-0.05, 0) is 25.7 Å². The van der Waals surface area contributed by atoms with Crippen molar-refractivity contribution in [3.8, 4) is 0 Å². The molecule has 0 saturated heterocycles. The van der Waals surface area contributed by atoms with Crippen LogP contribution in [0.1, 0.15) is 162 Å². The Balaban J connectivity index is 2.73. The molecule has 0 heterocycles. The van der Waals surface area contributed by atoms with Gasteiger partial charge >= 0.3 is 27.6 Å². The highest BCUT2D eigenvalue weighted by Crippen LogP contribution is 2.49. The minimum Gasteiger partial charge on any atom is -0.462 e. The van der Waals surface area contributed by atoms with Gasteiger partial charge in [0.15, 0.2) is 6.10 Å². The van der Waals surface area contributed by atoms with E-state index in [1.165, 1.54) is 76.4 Å². The van der Waals surface area contributed by atoms with Crippen molar-refractivity contribution in [3.05, 3.63) is 48.6 Å². The molecule has 21 heteroatoms. The van der Waals surface area contributed by atoms with Crippen molar-refractivity contribution in [2.75, 3.05) is 13.2 Å². The number of carbonyl (C=O) groups excluding carboxylic acids is 2. The molecule has 10 N–H and O–H groups in total. The lowest BCUT2D eigenvalue weighted by Gasteiger charge is -2.43. The molecule has 1 rings (SSSR count). The Morgan fingerprint density at radius 1 is 0.529 bits per heavy atom. The molecular weight excluding hydrogens is 930 g/mol. The number of phosphoric ester groups is 2. The van der Waals surface area contributed by atoms with Gasteiger partial charge in [0.05, 0.1) is 24.9 Å². The fraction of sp³-hybridized carbons (Fsp3) is 0.787. The predicted molar refractivity (Wildman–Crippen MR) is 255 cm³/mol. The highest BCUT2D eigenvalue weighted by molar-refractivity contribution is 7.47. The molecule has 0 bridgehead atoms. The standard InChI is InChI=1S/C47H84O19P2/c1-3-5-7-8-9-10-11-12-13-14-15-16-17-22-26-32-40(51)62-34-37(35-63-68(60,61)66-47-44(55)42(53)43(54)46(45(47)56)65-67(57,58)59)64-41(52)33-27-31-39(50)38(49)30-25-21-19-18-20-24-29-36(48)28-23-6-4-2/h18-21,24-25,29-30,36-39,42-50,53-56H,3-17,22-23,26-28,31-35H2,1-2H3,(H,60,61)(H2,57,58,59)/b20-18-,21-19+,29-24+,30-25+/t36-,37+,38-,39-,42?,43?,44?,45?,46+,47-/m0/s1. The number of unbranched alkanes of at least 4 members (excludes halogenated alkanes) is 16. The van der Waals surface area contributed by atoms with Crippen molar-refractivity contribution in [1.82, 2.24) is 0 Å². The Labute approximate surface area is 403 Å². The molecule has 1 aliphatic rings. The number of hydrogen-bond donors (Lipinski definition) is 10. The second-order valence-corrected chi connectivity index (χ2v) is 20.0. The van der Waals surface area contributed by atoms with E-state index in [0.29, 0.717) is 12.8 Å². The van der Waals surface area contributed by atoms with E-state index in [2.05, 4.69) is 18.4 Å². The molecule has 0 aliphatic heterocycles. The van der Waals surface area contributed by atoms with E-state index in [0.717, 1.165) is 44.9 Å². The SMILES string of the molecule is CCCCCCCCCCCCCCCCCC(=O)OC[C@H](COP(=O)(O)O[C@H]1C(O)C(O)C(O)[C@@H](OP(=O)(O)O)C1O)OC(=O)CCC[C@H](O)[C@@H](O)/C=C/C=C/C=C\C=C\[C@@H](O)CCCCC. The zero-order valence-corrected chi connectivity index (χ0v) is 41.9. The molecule has 1 fully saturated rings. The second kappa shape index (κ2) is 37.6. The van der Waals surface area contributed by atoms with Gasteiger partial charge in [0.2, 0.25) is 0 Å². The zero-order valence-electron chi connectivity index (χ0n) is 40.1. The van der Waals surface area contributed by atoms with Crippen LogP contribution in [0, 0.1) is 0 Å². The number of carbonyl (C=O) groups is 2. The Hall–Kier alpha value is -2.16. The molecule has 0 radical (unpaired) electrons. The van der Waals surface area contributed by atoms with Crippen molar-refractivity contribution in [1.29, 1.82) is 0 Å². The van der Waals surface area contributed by atoms with Gasteiger partial charge in [0, 0.05) is 12.8 Å². The average molecular weight is 1020 g/mol. The molecular formula is C47H84O19P2. The van der Waals surface area contributed by atoms with Crippen LogP contribution in [0.4, 0.5) is 0 Å². The van der Waals surface area contributed by atoms with Crippen LogP contribution in [0.2, 0.25) is 0 Å². The van der Waals surface area contributed by atoms with Crippen LogP contribution in [0.3, 0.4) is 0 Å². The lowest BCUT2D eigenvalue weighted by atomic mass is 9.85. The second-order valence-electron chi connectivity index (χ2n) is 17.4. The Bertz CT molecular complexity index is 1550. The quantitative estimate of drug-likeness (QED) is 0.0141. The third-order valence-corrected chi connectivity index (χ3v) is 12.8. The molecule has 0 aromatic heterocycles. The van der Waals surface area contributed by atoms with Crippen LogP contribution < -0.4 is 0 Å². The van der Waals surface area contributed by atoms with Crippen LogP contribution >= 0.6 is 15.6 Å². The van der Waals surface area contributed by atoms with E-state index in [4.69, 9.17) is 18.5 Å². The zero-order chi connectivity index (χ0) is 50.8. The summed E-state index contributed by atoms with van der Waals surface area (Å²) in [7, 11) is -10.8. The smallest absolute Gasteiger partial charge is 0.462 e. The number of rotatable bonds is 40. The highest BCUT2D eigenvalue weighted by atomic mass is 31.2. The third-order valence-electron chi connectivity index (χ3n) is 11.3. The number of hydrogen-bond acceptors (Lipinski definition) is 16. The summed E-state index contributed by atoms with van der Waals surface area (Å²) in [6.07, 6.45) is 15.5. The number of allylic oxidation sites excluding steroid dienone is 6. The summed E-state index contributed by atoms with van der Waals surface area (Å²) in [5, 5.41) is 71.9. The lowest BCUT2D eigenvalue weighted by Crippen LogP contribution is -2.64. The molecule has 1 saturated carbocycles. The van der Waals surface area contributed by atoms with Crippen LogP contribution in [0.5, 0.6) is 0 Å². The van der Waals surface area contributed by atoms with Gasteiger partial charge in [-0.1, -0.05) is 172 Å². The summed E-state index contributed by atoms with van der Waals surface area (Å²) >= 11 is 0. The van der Waals surface area contributed by atoms with Crippen molar-refractivity contribution in [2.45, 2.75) is 223 Å². The molecule has 11 atom stereocenters. The first-order valence-electron chi connectivity index (χ1n) is 24.5. The van der Waals surface area contributed by atoms with E-state index < -0.39 is 102 Å². The van der Waals surface area contributed by atoms with E-state index >= 15 is 0 Å². The van der Waals surface area contributed by atoms with Crippen molar-refractivity contribution in [2.24, 2.45) is 0 Å². The third kappa shape index (κ3) is 31.2. The number of esters is 2. The fourth-order valence-electron chi connectivity index (χ4n) is 7.29. The molecule has 1 aliphatic carbocycles. The lowest BCUT2D eigenvalue weighted by molar-refractivity contribution is -0.216. The van der Waals surface area contributed by atoms with E-state index in [1.54, 1.807) is 36.5 Å². The first kappa shape index (κ1) is 63.9. The molecule has 19 nitrogen and oxygen atoms in total. The van der Waals surface area contributed by atoms with Crippen LogP contribution in [-0.2, 0) is 41.8 Å². The molecule has 0 aromatic carbocycles. The Kier molecular flexibility index (Phi) is 35.3. The first-order valence-corrected chi connectivity index (χ1v) is 27.5. The van der Waals surface area contributed by atoms with E-state index in [9.17, 15) is 69.1 Å². The molecule has 0 aromatic rings. The fourth-order valence-corrected chi connectivity index (χ4v) is 8.83. The summed E-state index contributed by atoms with van der Waals surface area (Å²) in [4.78, 5) is 54.3. The predicted octanol–water partition coefficient (Wildman–Crippen LogP) is 6.20. The summed E-state index contributed by atoms with van der Waals surface area (Å²) in [5.74, 6) is -1.53. The summed E-state index contributed by atoms with van der Waals surface area (Å²) in [5.41, 5.74) is 0. The number of aliphatic hydroxyl groups excluding tert-OH is 7. The number of phosphoric acid groups is 2. The first-order chi connectivity index (χ1) is 32.3. The maximum atomic E-state index is 13.0. The maximum Gasteiger partial charge on any atom is 0.472 e. The minimum absolute atomic E-state index is 0.0255. The molecule has 5 unspecified atom stereocenters. The van der Waals surface area contributed by atoms with Crippen molar-refractivity contribution in [3.63, 3.8) is 0 Å². The summed E-state index contributed by atoms with van der Waals surface area (Å²) < 4.78 is 49.1. The van der Waals surface area contributed by atoms with Crippen molar-refractivity contribution < 1.29 is 92.2 Å². The maximum absolute atomic E-state index is 13.0. The van der Waals surface area contributed by atoms with Gasteiger partial charge in [0.1, 0.15) is 43.2 Å². The van der Waals surface area contributed by atoms with Crippen LogP contribution in [-0.4, -0.2) is 137 Å². The average Bonchev–Trinajstić information content (AvgIpc) is 3.28. The minimum atomic E-state index is -5.41. The number of aliphatic hydroxyl groups is 7. The van der Waals surface area contributed by atoms with Crippen molar-refractivity contribution >= 4 is 27.6 Å². The largest absolute Gasteiger partial charge is 0.472 e. The topological polar surface area (TPSA) is 317 Å². The van der Waals surface area contributed by atoms with Gasteiger partial charge < -0.3 is 59.9 Å². The monoisotopic (exact) mass is 1010 g/mol. The van der Waals surface area contributed by atoms with Crippen LogP contribution in [0.15, 0.2) is 48.6 Å². The van der Waals surface area contributed by atoms with Gasteiger partial charge in [-0.15, -0.1) is 0 Å². The normalized spacial score (nSPS) is 23.1. The summed E-state index contributed by atoms with van der Waals surface area (Å²) in [6, 6.07) is 0. The highest BCUT2D eigenvalue weighted by Gasteiger charge is 2.54. The van der Waals surface area contributed by atoms with Crippen LogP contribution in [0.25, 0.3) is 0 Å².